The van der Waals surface area contributed by atoms with Crippen LogP contribution in [0.1, 0.15) is 16.7 Å². The SMILES string of the molecule is Cc1cc(C)c2nc(N3CCN(Cc4cccnc4)CC3)sc2c1. The van der Waals surface area contributed by atoms with Gasteiger partial charge in [-0.15, -0.1) is 0 Å². The highest BCUT2D eigenvalue weighted by Gasteiger charge is 2.20. The van der Waals surface area contributed by atoms with Gasteiger partial charge in [-0.3, -0.25) is 9.88 Å². The van der Waals surface area contributed by atoms with Gasteiger partial charge in [0.25, 0.3) is 0 Å². The second-order valence-electron chi connectivity index (χ2n) is 6.55. The van der Waals surface area contributed by atoms with E-state index in [0.29, 0.717) is 0 Å². The van der Waals surface area contributed by atoms with Gasteiger partial charge in [0, 0.05) is 45.1 Å². The molecule has 0 saturated carbocycles. The molecule has 4 nitrogen and oxygen atoms in total. The maximum absolute atomic E-state index is 4.90. The molecular weight excluding hydrogens is 316 g/mol. The fraction of sp³-hybridized carbons (Fsp3) is 0.368. The van der Waals surface area contributed by atoms with Crippen LogP contribution in [0.25, 0.3) is 10.2 Å². The molecule has 5 heteroatoms. The number of pyridine rings is 1. The number of hydrogen-bond acceptors (Lipinski definition) is 5. The van der Waals surface area contributed by atoms with Crippen molar-refractivity contribution < 1.29 is 0 Å². The van der Waals surface area contributed by atoms with Crippen LogP contribution in [-0.2, 0) is 6.54 Å². The molecule has 124 valence electrons. The van der Waals surface area contributed by atoms with Gasteiger partial charge >= 0.3 is 0 Å². The summed E-state index contributed by atoms with van der Waals surface area (Å²) in [7, 11) is 0. The molecule has 0 spiro atoms. The number of anilines is 1. The zero-order valence-corrected chi connectivity index (χ0v) is 15.0. The molecule has 0 radical (unpaired) electrons. The molecule has 0 amide bonds. The first-order valence-electron chi connectivity index (χ1n) is 8.43. The smallest absolute Gasteiger partial charge is 0.186 e. The molecule has 0 atom stereocenters. The van der Waals surface area contributed by atoms with Crippen molar-refractivity contribution in [1.29, 1.82) is 0 Å². The number of aromatic nitrogens is 2. The lowest BCUT2D eigenvalue weighted by molar-refractivity contribution is 0.249. The highest BCUT2D eigenvalue weighted by molar-refractivity contribution is 7.22. The third kappa shape index (κ3) is 3.14. The van der Waals surface area contributed by atoms with Crippen LogP contribution in [0.3, 0.4) is 0 Å². The van der Waals surface area contributed by atoms with Crippen LogP contribution in [0.4, 0.5) is 5.13 Å². The summed E-state index contributed by atoms with van der Waals surface area (Å²) < 4.78 is 1.31. The largest absolute Gasteiger partial charge is 0.345 e. The van der Waals surface area contributed by atoms with E-state index in [4.69, 9.17) is 4.98 Å². The molecule has 0 unspecified atom stereocenters. The van der Waals surface area contributed by atoms with E-state index in [1.807, 2.05) is 29.8 Å². The van der Waals surface area contributed by atoms with Crippen molar-refractivity contribution in [2.45, 2.75) is 20.4 Å². The van der Waals surface area contributed by atoms with Crippen molar-refractivity contribution in [2.24, 2.45) is 0 Å². The number of rotatable bonds is 3. The molecule has 0 aliphatic carbocycles. The maximum atomic E-state index is 4.90. The molecular formula is C19H22N4S. The Bertz CT molecular complexity index is 835. The summed E-state index contributed by atoms with van der Waals surface area (Å²) >= 11 is 1.82. The Hall–Kier alpha value is -1.98. The Morgan fingerprint density at radius 2 is 1.96 bits per heavy atom. The summed E-state index contributed by atoms with van der Waals surface area (Å²) in [6.07, 6.45) is 3.79. The number of nitrogens with zero attached hydrogens (tertiary/aromatic N) is 4. The molecule has 3 heterocycles. The van der Waals surface area contributed by atoms with Crippen LogP contribution in [0, 0.1) is 13.8 Å². The van der Waals surface area contributed by atoms with Gasteiger partial charge in [-0.1, -0.05) is 23.5 Å². The summed E-state index contributed by atoms with van der Waals surface area (Å²) in [6.45, 7) is 9.52. The lowest BCUT2D eigenvalue weighted by Gasteiger charge is -2.34. The first-order chi connectivity index (χ1) is 11.7. The minimum absolute atomic E-state index is 0.986. The fourth-order valence-corrected chi connectivity index (χ4v) is 4.53. The molecule has 1 aliphatic rings. The average molecular weight is 338 g/mol. The van der Waals surface area contributed by atoms with Crippen LogP contribution >= 0.6 is 11.3 Å². The molecule has 4 rings (SSSR count). The molecule has 2 aromatic heterocycles. The molecule has 1 aliphatic heterocycles. The monoisotopic (exact) mass is 338 g/mol. The Balaban J connectivity index is 1.45. The molecule has 3 aromatic rings. The molecule has 1 aromatic carbocycles. The van der Waals surface area contributed by atoms with E-state index in [9.17, 15) is 0 Å². The number of thiazole rings is 1. The highest BCUT2D eigenvalue weighted by atomic mass is 32.1. The van der Waals surface area contributed by atoms with E-state index in [0.717, 1.165) is 32.7 Å². The van der Waals surface area contributed by atoms with E-state index in [1.54, 1.807) is 0 Å². The van der Waals surface area contributed by atoms with E-state index >= 15 is 0 Å². The van der Waals surface area contributed by atoms with Gasteiger partial charge < -0.3 is 4.90 Å². The van der Waals surface area contributed by atoms with Gasteiger partial charge in [-0.2, -0.15) is 0 Å². The topological polar surface area (TPSA) is 32.3 Å². The van der Waals surface area contributed by atoms with E-state index in [-0.39, 0.29) is 0 Å². The molecule has 0 bridgehead atoms. The van der Waals surface area contributed by atoms with Crippen molar-refractivity contribution in [3.63, 3.8) is 0 Å². The van der Waals surface area contributed by atoms with Crippen molar-refractivity contribution in [3.8, 4) is 0 Å². The summed E-state index contributed by atoms with van der Waals surface area (Å²) in [5, 5.41) is 1.17. The van der Waals surface area contributed by atoms with Gasteiger partial charge in [0.05, 0.1) is 10.2 Å². The first kappa shape index (κ1) is 15.5. The number of hydrogen-bond donors (Lipinski definition) is 0. The van der Waals surface area contributed by atoms with E-state index < -0.39 is 0 Å². The first-order valence-corrected chi connectivity index (χ1v) is 9.25. The lowest BCUT2D eigenvalue weighted by Crippen LogP contribution is -2.45. The van der Waals surface area contributed by atoms with Crippen molar-refractivity contribution in [3.05, 3.63) is 53.3 Å². The van der Waals surface area contributed by atoms with Gasteiger partial charge in [0.15, 0.2) is 5.13 Å². The zero-order chi connectivity index (χ0) is 16.5. The second-order valence-corrected chi connectivity index (χ2v) is 7.56. The number of piperazine rings is 1. The van der Waals surface area contributed by atoms with Crippen LogP contribution in [0.2, 0.25) is 0 Å². The Morgan fingerprint density at radius 3 is 2.71 bits per heavy atom. The Kier molecular flexibility index (Phi) is 4.21. The minimum atomic E-state index is 0.986. The standard InChI is InChI=1S/C19H22N4S/c1-14-10-15(2)18-17(11-14)24-19(21-18)23-8-6-22(7-9-23)13-16-4-3-5-20-12-16/h3-5,10-12H,6-9,13H2,1-2H3. The van der Waals surface area contributed by atoms with Crippen LogP contribution in [-0.4, -0.2) is 41.0 Å². The number of fused-ring (bicyclic) bond motifs is 1. The van der Waals surface area contributed by atoms with Crippen molar-refractivity contribution in [1.82, 2.24) is 14.9 Å². The predicted octanol–water partition coefficient (Wildman–Crippen LogP) is 3.63. The average Bonchev–Trinajstić information content (AvgIpc) is 3.01. The molecule has 1 fully saturated rings. The lowest BCUT2D eigenvalue weighted by atomic mass is 10.1. The van der Waals surface area contributed by atoms with Gasteiger partial charge in [0.2, 0.25) is 0 Å². The number of aryl methyl sites for hydroxylation is 2. The summed E-state index contributed by atoms with van der Waals surface area (Å²) in [4.78, 5) is 14.0. The quantitative estimate of drug-likeness (QED) is 0.730. The maximum Gasteiger partial charge on any atom is 0.186 e. The highest BCUT2D eigenvalue weighted by Crippen LogP contribution is 2.32. The van der Waals surface area contributed by atoms with E-state index in [2.05, 4.69) is 46.8 Å². The predicted molar refractivity (Wildman–Crippen MR) is 101 cm³/mol. The number of benzene rings is 1. The van der Waals surface area contributed by atoms with Crippen LogP contribution < -0.4 is 4.90 Å². The Morgan fingerprint density at radius 1 is 1.12 bits per heavy atom. The third-order valence-corrected chi connectivity index (χ3v) is 5.65. The van der Waals surface area contributed by atoms with Crippen LogP contribution in [0.15, 0.2) is 36.7 Å². The molecule has 0 N–H and O–H groups in total. The van der Waals surface area contributed by atoms with Crippen molar-refractivity contribution >= 4 is 26.7 Å². The van der Waals surface area contributed by atoms with Gasteiger partial charge in [-0.25, -0.2) is 4.98 Å². The third-order valence-electron chi connectivity index (χ3n) is 4.59. The molecule has 24 heavy (non-hydrogen) atoms. The van der Waals surface area contributed by atoms with E-state index in [1.165, 1.54) is 32.0 Å². The zero-order valence-electron chi connectivity index (χ0n) is 14.2. The summed E-state index contributed by atoms with van der Waals surface area (Å²) in [6, 6.07) is 8.63. The summed E-state index contributed by atoms with van der Waals surface area (Å²) in [5.41, 5.74) is 5.05. The fourth-order valence-electron chi connectivity index (χ4n) is 3.34. The second kappa shape index (κ2) is 6.49. The van der Waals surface area contributed by atoms with Crippen molar-refractivity contribution in [2.75, 3.05) is 31.1 Å². The van der Waals surface area contributed by atoms with Gasteiger partial charge in [-0.05, 0) is 42.7 Å². The summed E-state index contributed by atoms with van der Waals surface area (Å²) in [5.74, 6) is 0. The van der Waals surface area contributed by atoms with Gasteiger partial charge in [0.1, 0.15) is 0 Å². The van der Waals surface area contributed by atoms with Crippen LogP contribution in [0.5, 0.6) is 0 Å². The normalized spacial score (nSPS) is 16.0. The Labute approximate surface area is 146 Å². The minimum Gasteiger partial charge on any atom is -0.345 e. The molecule has 1 saturated heterocycles.